The van der Waals surface area contributed by atoms with Crippen LogP contribution < -0.4 is 4.52 Å². The third-order valence-electron chi connectivity index (χ3n) is 2.21. The summed E-state index contributed by atoms with van der Waals surface area (Å²) in [6.07, 6.45) is 1.12. The molecule has 0 unspecified atom stereocenters. The smallest absolute Gasteiger partial charge is 0.404 e. The highest BCUT2D eigenvalue weighted by Gasteiger charge is 2.25. The van der Waals surface area contributed by atoms with Gasteiger partial charge < -0.3 is 4.52 Å². The topological polar surface area (TPSA) is 78.9 Å². The third kappa shape index (κ3) is 3.55. The van der Waals surface area contributed by atoms with Crippen molar-refractivity contribution >= 4 is 17.7 Å². The molecule has 6 nitrogen and oxygen atoms in total. The number of phosphoric acid groups is 1. The minimum atomic E-state index is -3.63. The van der Waals surface area contributed by atoms with Gasteiger partial charge in [-0.1, -0.05) is 0 Å². The second-order valence-electron chi connectivity index (χ2n) is 3.60. The van der Waals surface area contributed by atoms with E-state index in [2.05, 4.69) is 9.05 Å². The lowest BCUT2D eigenvalue weighted by atomic mass is 10.2. The summed E-state index contributed by atoms with van der Waals surface area (Å²) in [5.74, 6) is 0.215. The molecule has 0 saturated carbocycles. The van der Waals surface area contributed by atoms with Gasteiger partial charge in [-0.25, -0.2) is 13.0 Å². The van der Waals surface area contributed by atoms with E-state index in [1.165, 1.54) is 32.4 Å². The number of phosphoric ester groups is 1. The van der Waals surface area contributed by atoms with Crippen LogP contribution in [0.4, 0.5) is 0 Å². The minimum Gasteiger partial charge on any atom is -0.404 e. The van der Waals surface area contributed by atoms with Crippen LogP contribution in [0.5, 0.6) is 5.75 Å². The Kier molecular flexibility index (Phi) is 4.55. The van der Waals surface area contributed by atoms with Crippen molar-refractivity contribution in [2.24, 2.45) is 0 Å². The molecule has 18 heavy (non-hydrogen) atoms. The lowest BCUT2D eigenvalue weighted by Crippen LogP contribution is -2.01. The first kappa shape index (κ1) is 15.2. The van der Waals surface area contributed by atoms with Crippen molar-refractivity contribution in [3.8, 4) is 5.75 Å². The predicted molar refractivity (Wildman–Crippen MR) is 66.5 cm³/mol. The highest BCUT2D eigenvalue weighted by Crippen LogP contribution is 2.47. The van der Waals surface area contributed by atoms with Crippen LogP contribution in [0.15, 0.2) is 23.1 Å². The fourth-order valence-electron chi connectivity index (χ4n) is 1.37. The van der Waals surface area contributed by atoms with Crippen molar-refractivity contribution in [2.75, 3.05) is 20.5 Å². The van der Waals surface area contributed by atoms with Gasteiger partial charge in [0.15, 0.2) is 9.84 Å². The zero-order valence-corrected chi connectivity index (χ0v) is 12.2. The van der Waals surface area contributed by atoms with E-state index in [-0.39, 0.29) is 10.6 Å². The van der Waals surface area contributed by atoms with Gasteiger partial charge in [0.1, 0.15) is 5.75 Å². The van der Waals surface area contributed by atoms with Gasteiger partial charge >= 0.3 is 7.82 Å². The Morgan fingerprint density at radius 2 is 1.72 bits per heavy atom. The maximum atomic E-state index is 11.7. The van der Waals surface area contributed by atoms with Crippen LogP contribution in [0.1, 0.15) is 5.56 Å². The molecule has 0 radical (unpaired) electrons. The van der Waals surface area contributed by atoms with E-state index >= 15 is 0 Å². The molecule has 102 valence electrons. The summed E-state index contributed by atoms with van der Waals surface area (Å²) in [7, 11) is -4.53. The fraction of sp³-hybridized carbons (Fsp3) is 0.400. The molecule has 0 aliphatic carbocycles. The summed E-state index contributed by atoms with van der Waals surface area (Å²) in [5.41, 5.74) is 0.494. The molecule has 0 heterocycles. The molecule has 0 fully saturated rings. The van der Waals surface area contributed by atoms with Crippen molar-refractivity contribution in [1.82, 2.24) is 0 Å². The Bertz CT molecular complexity index is 572. The van der Waals surface area contributed by atoms with Crippen molar-refractivity contribution in [1.29, 1.82) is 0 Å². The van der Waals surface area contributed by atoms with Gasteiger partial charge in [0.25, 0.3) is 0 Å². The fourth-order valence-corrected chi connectivity index (χ4v) is 3.00. The number of rotatable bonds is 5. The SMILES string of the molecule is COP(=O)(OC)Oc1ccc(S(C)(=O)=O)c(C)c1. The molecule has 0 atom stereocenters. The average molecular weight is 294 g/mol. The highest BCUT2D eigenvalue weighted by atomic mass is 32.2. The van der Waals surface area contributed by atoms with E-state index < -0.39 is 17.7 Å². The predicted octanol–water partition coefficient (Wildman–Crippen LogP) is 2.18. The van der Waals surface area contributed by atoms with Crippen molar-refractivity contribution < 1.29 is 26.6 Å². The second-order valence-corrected chi connectivity index (χ2v) is 7.39. The lowest BCUT2D eigenvalue weighted by molar-refractivity contribution is 0.211. The monoisotopic (exact) mass is 294 g/mol. The van der Waals surface area contributed by atoms with E-state index in [1.807, 2.05) is 0 Å². The molecule has 1 aromatic carbocycles. The standard InChI is InChI=1S/C10H15O6PS/c1-8-7-9(16-17(11,14-2)15-3)5-6-10(8)18(4,12)13/h5-7H,1-4H3. The van der Waals surface area contributed by atoms with Crippen LogP contribution in [0.25, 0.3) is 0 Å². The minimum absolute atomic E-state index is 0.194. The summed E-state index contributed by atoms with van der Waals surface area (Å²) in [4.78, 5) is 0.194. The number of benzene rings is 1. The quantitative estimate of drug-likeness (QED) is 0.774. The number of hydrogen-bond donors (Lipinski definition) is 0. The van der Waals surface area contributed by atoms with E-state index in [1.54, 1.807) is 6.92 Å². The summed E-state index contributed by atoms with van der Waals surface area (Å²) in [5, 5.41) is 0. The van der Waals surface area contributed by atoms with E-state index in [4.69, 9.17) is 4.52 Å². The van der Waals surface area contributed by atoms with Crippen LogP contribution in [0.3, 0.4) is 0 Å². The maximum absolute atomic E-state index is 11.7. The zero-order valence-electron chi connectivity index (χ0n) is 10.5. The molecular formula is C10H15O6PS. The van der Waals surface area contributed by atoms with E-state index in [9.17, 15) is 13.0 Å². The van der Waals surface area contributed by atoms with Gasteiger partial charge in [-0.2, -0.15) is 0 Å². The Labute approximate surface area is 106 Å². The van der Waals surface area contributed by atoms with E-state index in [0.717, 1.165) is 6.26 Å². The third-order valence-corrected chi connectivity index (χ3v) is 4.80. The summed E-state index contributed by atoms with van der Waals surface area (Å²) < 4.78 is 48.9. The van der Waals surface area contributed by atoms with Crippen LogP contribution in [0.2, 0.25) is 0 Å². The first-order valence-electron chi connectivity index (χ1n) is 4.93. The molecule has 0 aliphatic heterocycles. The van der Waals surface area contributed by atoms with Crippen LogP contribution in [-0.2, 0) is 23.4 Å². The molecule has 0 amide bonds. The highest BCUT2D eigenvalue weighted by molar-refractivity contribution is 7.90. The zero-order chi connectivity index (χ0) is 14.0. The molecular weight excluding hydrogens is 279 g/mol. The molecule has 8 heteroatoms. The van der Waals surface area contributed by atoms with Crippen LogP contribution in [-0.4, -0.2) is 28.9 Å². The van der Waals surface area contributed by atoms with Crippen LogP contribution >= 0.6 is 7.82 Å². The summed E-state index contributed by atoms with van der Waals surface area (Å²) in [6.45, 7) is 1.62. The van der Waals surface area contributed by atoms with Crippen molar-refractivity contribution in [3.05, 3.63) is 23.8 Å². The van der Waals surface area contributed by atoms with Gasteiger partial charge in [0, 0.05) is 20.5 Å². The molecule has 0 spiro atoms. The van der Waals surface area contributed by atoms with Gasteiger partial charge in [-0.15, -0.1) is 0 Å². The molecule has 0 N–H and O–H groups in total. The largest absolute Gasteiger partial charge is 0.529 e. The van der Waals surface area contributed by atoms with Gasteiger partial charge in [0.2, 0.25) is 0 Å². The average Bonchev–Trinajstić information content (AvgIpc) is 2.27. The second kappa shape index (κ2) is 5.40. The molecule has 1 aromatic rings. The maximum Gasteiger partial charge on any atom is 0.529 e. The molecule has 0 saturated heterocycles. The Hall–Kier alpha value is -0.880. The number of sulfone groups is 1. The first-order valence-corrected chi connectivity index (χ1v) is 8.29. The van der Waals surface area contributed by atoms with Gasteiger partial charge in [-0.05, 0) is 30.7 Å². The first-order chi connectivity index (χ1) is 8.22. The normalized spacial score (nSPS) is 12.4. The van der Waals surface area contributed by atoms with Crippen molar-refractivity contribution in [3.63, 3.8) is 0 Å². The number of hydrogen-bond acceptors (Lipinski definition) is 6. The summed E-state index contributed by atoms with van der Waals surface area (Å²) >= 11 is 0. The molecule has 0 bridgehead atoms. The Morgan fingerprint density at radius 1 is 1.17 bits per heavy atom. The van der Waals surface area contributed by atoms with Gasteiger partial charge in [0.05, 0.1) is 4.90 Å². The summed E-state index contributed by atoms with van der Waals surface area (Å²) in [6, 6.07) is 4.24. The molecule has 0 aliphatic rings. The Morgan fingerprint density at radius 3 is 2.11 bits per heavy atom. The molecule has 1 rings (SSSR count). The molecule has 0 aromatic heterocycles. The lowest BCUT2D eigenvalue weighted by Gasteiger charge is -2.15. The Balaban J connectivity index is 3.10. The van der Waals surface area contributed by atoms with E-state index in [0.29, 0.717) is 5.56 Å². The number of aryl methyl sites for hydroxylation is 1. The van der Waals surface area contributed by atoms with Gasteiger partial charge in [-0.3, -0.25) is 9.05 Å². The van der Waals surface area contributed by atoms with Crippen molar-refractivity contribution in [2.45, 2.75) is 11.8 Å². The van der Waals surface area contributed by atoms with Crippen LogP contribution in [0, 0.1) is 6.92 Å².